The summed E-state index contributed by atoms with van der Waals surface area (Å²) in [5.74, 6) is -0.0623. The van der Waals surface area contributed by atoms with E-state index in [-0.39, 0.29) is 19.2 Å². The molecule has 23 heavy (non-hydrogen) atoms. The molecule has 1 N–H and O–H groups in total. The molecule has 0 unspecified atom stereocenters. The smallest absolute Gasteiger partial charge is 0.341 e. The number of fused-ring (bicyclic) bond motifs is 2. The first-order valence-corrected chi connectivity index (χ1v) is 8.42. The van der Waals surface area contributed by atoms with Crippen molar-refractivity contribution in [3.05, 3.63) is 27.3 Å². The fourth-order valence-electron chi connectivity index (χ4n) is 3.73. The summed E-state index contributed by atoms with van der Waals surface area (Å²) < 4.78 is 10.3. The van der Waals surface area contributed by atoms with Crippen molar-refractivity contribution in [2.75, 3.05) is 5.32 Å². The van der Waals surface area contributed by atoms with Crippen LogP contribution >= 0.6 is 11.6 Å². The van der Waals surface area contributed by atoms with Gasteiger partial charge in [0.05, 0.1) is 21.8 Å². The molecule has 0 radical (unpaired) electrons. The van der Waals surface area contributed by atoms with Crippen molar-refractivity contribution in [3.63, 3.8) is 0 Å². The molecule has 1 saturated carbocycles. The maximum atomic E-state index is 12.2. The van der Waals surface area contributed by atoms with Crippen LogP contribution in [-0.2, 0) is 22.7 Å². The lowest BCUT2D eigenvalue weighted by Gasteiger charge is -2.29. The minimum atomic E-state index is -0.424. The summed E-state index contributed by atoms with van der Waals surface area (Å²) in [6.07, 6.45) is 4.43. The van der Waals surface area contributed by atoms with Gasteiger partial charge in [0.2, 0.25) is 0 Å². The highest BCUT2D eigenvalue weighted by Crippen LogP contribution is 2.43. The van der Waals surface area contributed by atoms with Gasteiger partial charge in [0.25, 0.3) is 0 Å². The Morgan fingerprint density at radius 1 is 0.957 bits per heavy atom. The molecule has 0 aromatic heterocycles. The van der Waals surface area contributed by atoms with Crippen LogP contribution in [0.15, 0.2) is 0 Å². The lowest BCUT2D eigenvalue weighted by atomic mass is 9.86. The molecule has 0 bridgehead atoms. The molecule has 122 valence electrons. The van der Waals surface area contributed by atoms with Gasteiger partial charge in [-0.15, -0.1) is 0 Å². The lowest BCUT2D eigenvalue weighted by Crippen LogP contribution is -2.27. The van der Waals surface area contributed by atoms with E-state index in [2.05, 4.69) is 12.2 Å². The Morgan fingerprint density at radius 3 is 2.26 bits per heavy atom. The third-order valence-electron chi connectivity index (χ3n) is 5.11. The molecule has 0 amide bonds. The summed E-state index contributed by atoms with van der Waals surface area (Å²) in [5.41, 5.74) is 2.84. The number of halogens is 1. The zero-order valence-corrected chi connectivity index (χ0v) is 13.7. The number of anilines is 1. The van der Waals surface area contributed by atoms with E-state index >= 15 is 0 Å². The monoisotopic (exact) mass is 335 g/mol. The predicted molar refractivity (Wildman–Crippen MR) is 84.7 cm³/mol. The number of esters is 2. The van der Waals surface area contributed by atoms with Crippen LogP contribution in [0.25, 0.3) is 0 Å². The second-order valence-corrected chi connectivity index (χ2v) is 7.03. The molecule has 2 heterocycles. The molecule has 5 nitrogen and oxygen atoms in total. The Hall–Kier alpha value is -1.75. The van der Waals surface area contributed by atoms with Gasteiger partial charge in [0, 0.05) is 17.2 Å². The standard InChI is InChI=1S/C17H18ClNO4/c1-8-2-4-9(5-3-8)19-15-11-7-23-16(20)12(11)14(18)10-6-22-17(21)13(10)15/h8-9,19H,2-7H2,1H3. The molecule has 3 aliphatic rings. The molecule has 0 spiro atoms. The number of ether oxygens (including phenoxy) is 2. The highest BCUT2D eigenvalue weighted by atomic mass is 35.5. The number of carbonyl (C=O) groups is 2. The number of hydrogen-bond donors (Lipinski definition) is 1. The average molecular weight is 336 g/mol. The fraction of sp³-hybridized carbons (Fsp3) is 0.529. The summed E-state index contributed by atoms with van der Waals surface area (Å²) in [7, 11) is 0. The quantitative estimate of drug-likeness (QED) is 0.835. The van der Waals surface area contributed by atoms with E-state index in [0.717, 1.165) is 31.6 Å². The van der Waals surface area contributed by atoms with E-state index in [0.29, 0.717) is 39.0 Å². The number of rotatable bonds is 2. The molecule has 1 aromatic rings. The first-order chi connectivity index (χ1) is 11.1. The van der Waals surface area contributed by atoms with Gasteiger partial charge in [-0.1, -0.05) is 18.5 Å². The van der Waals surface area contributed by atoms with Crippen molar-refractivity contribution in [2.45, 2.75) is 51.9 Å². The highest BCUT2D eigenvalue weighted by Gasteiger charge is 2.38. The van der Waals surface area contributed by atoms with Gasteiger partial charge in [0.15, 0.2) is 0 Å². The number of benzene rings is 1. The molecular formula is C17H18ClNO4. The van der Waals surface area contributed by atoms with Gasteiger partial charge < -0.3 is 14.8 Å². The zero-order valence-electron chi connectivity index (χ0n) is 12.9. The van der Waals surface area contributed by atoms with Crippen LogP contribution in [0.4, 0.5) is 5.69 Å². The van der Waals surface area contributed by atoms with Crippen molar-refractivity contribution in [1.82, 2.24) is 0 Å². The van der Waals surface area contributed by atoms with Crippen LogP contribution < -0.4 is 5.32 Å². The van der Waals surface area contributed by atoms with Crippen molar-refractivity contribution >= 4 is 29.2 Å². The first kappa shape index (κ1) is 14.8. The third kappa shape index (κ3) is 2.29. The second-order valence-electron chi connectivity index (χ2n) is 6.65. The molecule has 4 rings (SSSR count). The molecule has 1 aliphatic carbocycles. The molecular weight excluding hydrogens is 318 g/mol. The minimum Gasteiger partial charge on any atom is -0.457 e. The summed E-state index contributed by atoms with van der Waals surface area (Å²) in [4.78, 5) is 24.2. The molecule has 2 aliphatic heterocycles. The van der Waals surface area contributed by atoms with Crippen LogP contribution in [-0.4, -0.2) is 18.0 Å². The van der Waals surface area contributed by atoms with Crippen molar-refractivity contribution in [3.8, 4) is 0 Å². The van der Waals surface area contributed by atoms with Crippen LogP contribution in [0.2, 0.25) is 5.02 Å². The Kier molecular flexibility index (Phi) is 3.48. The Balaban J connectivity index is 1.78. The summed E-state index contributed by atoms with van der Waals surface area (Å²) >= 11 is 6.33. The van der Waals surface area contributed by atoms with E-state index in [1.807, 2.05) is 0 Å². The molecule has 1 aromatic carbocycles. The fourth-order valence-corrected chi connectivity index (χ4v) is 4.07. The second kappa shape index (κ2) is 5.41. The first-order valence-electron chi connectivity index (χ1n) is 8.04. The van der Waals surface area contributed by atoms with E-state index in [1.165, 1.54) is 0 Å². The maximum absolute atomic E-state index is 12.2. The number of carbonyl (C=O) groups excluding carboxylic acids is 2. The molecule has 6 heteroatoms. The van der Waals surface area contributed by atoms with E-state index in [4.69, 9.17) is 21.1 Å². The van der Waals surface area contributed by atoms with E-state index < -0.39 is 5.97 Å². The summed E-state index contributed by atoms with van der Waals surface area (Å²) in [6.45, 7) is 2.53. The normalized spacial score (nSPS) is 25.7. The van der Waals surface area contributed by atoms with Gasteiger partial charge in [-0.3, -0.25) is 0 Å². The number of nitrogens with one attached hydrogen (secondary N) is 1. The molecule has 0 saturated heterocycles. The largest absolute Gasteiger partial charge is 0.457 e. The number of hydrogen-bond acceptors (Lipinski definition) is 5. The maximum Gasteiger partial charge on any atom is 0.341 e. The summed E-state index contributed by atoms with van der Waals surface area (Å²) in [6, 6.07) is 0.296. The SMILES string of the molecule is CC1CCC(Nc2c3c(c(Cl)c4c2C(=O)OC4)C(=O)OC3)CC1. The molecule has 0 atom stereocenters. The predicted octanol–water partition coefficient (Wildman–Crippen LogP) is 3.67. The summed E-state index contributed by atoms with van der Waals surface area (Å²) in [5, 5.41) is 3.79. The Labute approximate surface area is 139 Å². The van der Waals surface area contributed by atoms with Gasteiger partial charge in [0.1, 0.15) is 13.2 Å². The lowest BCUT2D eigenvalue weighted by molar-refractivity contribution is 0.0534. The minimum absolute atomic E-state index is 0.115. The van der Waals surface area contributed by atoms with Gasteiger partial charge in [-0.05, 0) is 31.6 Å². The topological polar surface area (TPSA) is 64.6 Å². The third-order valence-corrected chi connectivity index (χ3v) is 5.52. The van der Waals surface area contributed by atoms with Crippen LogP contribution in [0.1, 0.15) is 64.4 Å². The van der Waals surface area contributed by atoms with E-state index in [1.54, 1.807) is 0 Å². The Morgan fingerprint density at radius 2 is 1.57 bits per heavy atom. The van der Waals surface area contributed by atoms with E-state index in [9.17, 15) is 9.59 Å². The van der Waals surface area contributed by atoms with Gasteiger partial charge in [-0.2, -0.15) is 0 Å². The van der Waals surface area contributed by atoms with Gasteiger partial charge >= 0.3 is 11.9 Å². The number of cyclic esters (lactones) is 2. The van der Waals surface area contributed by atoms with Gasteiger partial charge in [-0.25, -0.2) is 9.59 Å². The van der Waals surface area contributed by atoms with Crippen LogP contribution in [0.3, 0.4) is 0 Å². The van der Waals surface area contributed by atoms with Crippen molar-refractivity contribution < 1.29 is 19.1 Å². The van der Waals surface area contributed by atoms with Crippen molar-refractivity contribution in [1.29, 1.82) is 0 Å². The van der Waals surface area contributed by atoms with Crippen LogP contribution in [0, 0.1) is 5.92 Å². The van der Waals surface area contributed by atoms with Crippen molar-refractivity contribution in [2.24, 2.45) is 5.92 Å². The van der Waals surface area contributed by atoms with Crippen LogP contribution in [0.5, 0.6) is 0 Å². The zero-order chi connectivity index (χ0) is 16.1. The molecule has 1 fully saturated rings. The Bertz CT molecular complexity index is 707. The highest BCUT2D eigenvalue weighted by molar-refractivity contribution is 6.36. The average Bonchev–Trinajstić information content (AvgIpc) is 3.10.